The molecule has 0 saturated heterocycles. The standard InChI is InChI=1S/C16H16N2O5S/c1-22-12-6-13(23-2)8-14(7-12)24(20,21)15-5-3-4-11-9-18(19)10-17-16(11)15/h3-9,19H,10H2,1-2H3. The van der Waals surface area contributed by atoms with Crippen molar-refractivity contribution in [1.82, 2.24) is 5.06 Å². The average molecular weight is 348 g/mol. The van der Waals surface area contributed by atoms with Gasteiger partial charge in [0.05, 0.1) is 29.4 Å². The number of fused-ring (bicyclic) bond motifs is 1. The van der Waals surface area contributed by atoms with E-state index < -0.39 is 9.84 Å². The van der Waals surface area contributed by atoms with Crippen LogP contribution in [0, 0.1) is 0 Å². The highest BCUT2D eigenvalue weighted by Gasteiger charge is 2.22. The van der Waals surface area contributed by atoms with Gasteiger partial charge >= 0.3 is 0 Å². The number of hydrogen-bond donors (Lipinski definition) is 1. The van der Waals surface area contributed by atoms with Crippen molar-refractivity contribution in [2.45, 2.75) is 9.79 Å². The number of para-hydroxylation sites is 1. The molecule has 0 aromatic heterocycles. The topological polar surface area (TPSA) is 88.4 Å². The summed E-state index contributed by atoms with van der Waals surface area (Å²) in [5, 5.41) is 11.3. The molecule has 3 rings (SSSR count). The van der Waals surface area contributed by atoms with Gasteiger partial charge in [-0.1, -0.05) is 12.1 Å². The Balaban J connectivity index is 2.24. The molecule has 0 unspecified atom stereocenters. The fourth-order valence-electron chi connectivity index (χ4n) is 2.44. The molecule has 0 fully saturated rings. The molecule has 24 heavy (non-hydrogen) atoms. The normalized spacial score (nSPS) is 13.5. The minimum Gasteiger partial charge on any atom is -0.497 e. The summed E-state index contributed by atoms with van der Waals surface area (Å²) in [5.41, 5.74) is 0. The van der Waals surface area contributed by atoms with E-state index in [-0.39, 0.29) is 16.5 Å². The molecular weight excluding hydrogens is 332 g/mol. The first-order valence-electron chi connectivity index (χ1n) is 7.05. The van der Waals surface area contributed by atoms with Crippen LogP contribution in [0.2, 0.25) is 0 Å². The summed E-state index contributed by atoms with van der Waals surface area (Å²) in [6.45, 7) is -0.0268. The second kappa shape index (κ2) is 6.14. The molecular formula is C16H16N2O5S. The van der Waals surface area contributed by atoms with Crippen LogP contribution in [0.4, 0.5) is 0 Å². The first-order valence-corrected chi connectivity index (χ1v) is 8.53. The molecule has 7 nitrogen and oxygen atoms in total. The van der Waals surface area contributed by atoms with E-state index in [1.807, 2.05) is 0 Å². The van der Waals surface area contributed by atoms with Crippen LogP contribution in [0.1, 0.15) is 0 Å². The minimum atomic E-state index is -3.84. The molecule has 0 aliphatic carbocycles. The molecule has 2 aromatic carbocycles. The van der Waals surface area contributed by atoms with Crippen LogP contribution in [-0.2, 0) is 9.84 Å². The van der Waals surface area contributed by atoms with Gasteiger partial charge in [-0.3, -0.25) is 10.2 Å². The zero-order valence-electron chi connectivity index (χ0n) is 13.1. The number of ether oxygens (including phenoxy) is 2. The van der Waals surface area contributed by atoms with Crippen LogP contribution in [0.15, 0.2) is 51.2 Å². The highest BCUT2D eigenvalue weighted by atomic mass is 32.2. The Labute approximate surface area is 139 Å². The van der Waals surface area contributed by atoms with Gasteiger partial charge in [-0.2, -0.15) is 0 Å². The lowest BCUT2D eigenvalue weighted by molar-refractivity contribution is -0.0200. The van der Waals surface area contributed by atoms with Gasteiger partial charge in [-0.05, 0) is 18.2 Å². The summed E-state index contributed by atoms with van der Waals surface area (Å²) in [4.78, 5) is 4.27. The third-order valence-corrected chi connectivity index (χ3v) is 5.38. The van der Waals surface area contributed by atoms with Crippen molar-refractivity contribution >= 4 is 16.0 Å². The van der Waals surface area contributed by atoms with Crippen molar-refractivity contribution in [3.05, 3.63) is 47.0 Å². The number of hydroxylamine groups is 2. The third kappa shape index (κ3) is 2.81. The SMILES string of the molecule is COc1cc(OC)cc(S(=O)(=O)c2cccc3c2=NCN(O)C=3)c1. The van der Waals surface area contributed by atoms with E-state index >= 15 is 0 Å². The molecule has 0 saturated carbocycles. The summed E-state index contributed by atoms with van der Waals surface area (Å²) in [6, 6.07) is 9.25. The molecule has 1 aliphatic rings. The van der Waals surface area contributed by atoms with E-state index in [9.17, 15) is 13.6 Å². The molecule has 126 valence electrons. The highest BCUT2D eigenvalue weighted by Crippen LogP contribution is 2.28. The van der Waals surface area contributed by atoms with Crippen LogP contribution in [-0.4, -0.2) is 39.6 Å². The lowest BCUT2D eigenvalue weighted by atomic mass is 10.3. The Kier molecular flexibility index (Phi) is 4.16. The molecule has 0 amide bonds. The van der Waals surface area contributed by atoms with Crippen molar-refractivity contribution < 1.29 is 23.1 Å². The number of hydrogen-bond acceptors (Lipinski definition) is 7. The Bertz CT molecular complexity index is 979. The summed E-state index contributed by atoms with van der Waals surface area (Å²) in [7, 11) is -0.929. The highest BCUT2D eigenvalue weighted by molar-refractivity contribution is 7.91. The Morgan fingerprint density at radius 2 is 1.79 bits per heavy atom. The minimum absolute atomic E-state index is 0.0268. The van der Waals surface area contributed by atoms with Crippen LogP contribution < -0.4 is 20.0 Å². The summed E-state index contributed by atoms with van der Waals surface area (Å²) in [6.07, 6.45) is 1.44. The first kappa shape index (κ1) is 16.3. The second-order valence-corrected chi connectivity index (χ2v) is 7.03. The van der Waals surface area contributed by atoms with Crippen LogP contribution in [0.5, 0.6) is 11.5 Å². The van der Waals surface area contributed by atoms with Gasteiger partial charge < -0.3 is 9.47 Å². The van der Waals surface area contributed by atoms with Gasteiger partial charge in [0.2, 0.25) is 9.84 Å². The maximum absolute atomic E-state index is 13.1. The van der Waals surface area contributed by atoms with E-state index in [0.29, 0.717) is 22.1 Å². The van der Waals surface area contributed by atoms with E-state index in [2.05, 4.69) is 4.99 Å². The van der Waals surface area contributed by atoms with Crippen molar-refractivity contribution in [3.63, 3.8) is 0 Å². The van der Waals surface area contributed by atoms with Crippen LogP contribution in [0.3, 0.4) is 0 Å². The van der Waals surface area contributed by atoms with Gasteiger partial charge in [-0.25, -0.2) is 13.5 Å². The van der Waals surface area contributed by atoms with Crippen molar-refractivity contribution in [3.8, 4) is 11.5 Å². The van der Waals surface area contributed by atoms with Gasteiger partial charge in [-0.15, -0.1) is 0 Å². The molecule has 2 aromatic rings. The number of rotatable bonds is 4. The molecule has 0 radical (unpaired) electrons. The second-order valence-electron chi connectivity index (χ2n) is 5.11. The quantitative estimate of drug-likeness (QED) is 0.868. The number of nitrogens with zero attached hydrogens (tertiary/aromatic N) is 2. The van der Waals surface area contributed by atoms with Gasteiger partial charge in [0.25, 0.3) is 0 Å². The fourth-order valence-corrected chi connectivity index (χ4v) is 3.93. The number of methoxy groups -OCH3 is 2. The number of sulfone groups is 1. The van der Waals surface area contributed by atoms with E-state index in [4.69, 9.17) is 9.47 Å². The molecule has 1 N–H and O–H groups in total. The van der Waals surface area contributed by atoms with Crippen molar-refractivity contribution in [2.75, 3.05) is 20.9 Å². The largest absolute Gasteiger partial charge is 0.497 e. The first-order chi connectivity index (χ1) is 11.5. The van der Waals surface area contributed by atoms with Gasteiger partial charge in [0.1, 0.15) is 18.2 Å². The van der Waals surface area contributed by atoms with Gasteiger partial charge in [0.15, 0.2) is 0 Å². The van der Waals surface area contributed by atoms with Crippen LogP contribution in [0.25, 0.3) is 6.20 Å². The molecule has 1 heterocycles. The molecule has 0 bridgehead atoms. The number of benzene rings is 2. The predicted octanol–water partition coefficient (Wildman–Crippen LogP) is 0.556. The van der Waals surface area contributed by atoms with Crippen molar-refractivity contribution in [1.29, 1.82) is 0 Å². The van der Waals surface area contributed by atoms with E-state index in [1.54, 1.807) is 18.2 Å². The Morgan fingerprint density at radius 3 is 2.42 bits per heavy atom. The van der Waals surface area contributed by atoms with Crippen LogP contribution >= 0.6 is 0 Å². The lowest BCUT2D eigenvalue weighted by Gasteiger charge is -2.14. The van der Waals surface area contributed by atoms with Crippen molar-refractivity contribution in [2.24, 2.45) is 4.99 Å². The average Bonchev–Trinajstić information content (AvgIpc) is 2.60. The fraction of sp³-hybridized carbons (Fsp3) is 0.188. The zero-order valence-corrected chi connectivity index (χ0v) is 13.9. The summed E-state index contributed by atoms with van der Waals surface area (Å²) < 4.78 is 36.4. The molecule has 0 atom stereocenters. The van der Waals surface area contributed by atoms with E-state index in [1.165, 1.54) is 38.6 Å². The zero-order chi connectivity index (χ0) is 17.3. The van der Waals surface area contributed by atoms with Gasteiger partial charge in [0, 0.05) is 17.5 Å². The Hall–Kier alpha value is -2.58. The maximum atomic E-state index is 13.1. The molecule has 8 heteroatoms. The summed E-state index contributed by atoms with van der Waals surface area (Å²) in [5.74, 6) is 0.755. The third-order valence-electron chi connectivity index (χ3n) is 3.62. The monoisotopic (exact) mass is 348 g/mol. The molecule has 1 aliphatic heterocycles. The maximum Gasteiger partial charge on any atom is 0.209 e. The molecule has 0 spiro atoms. The predicted molar refractivity (Wildman–Crippen MR) is 85.2 cm³/mol. The lowest BCUT2D eigenvalue weighted by Crippen LogP contribution is -2.37. The Morgan fingerprint density at radius 1 is 1.12 bits per heavy atom. The van der Waals surface area contributed by atoms with E-state index in [0.717, 1.165) is 5.06 Å². The summed E-state index contributed by atoms with van der Waals surface area (Å²) >= 11 is 0. The smallest absolute Gasteiger partial charge is 0.209 e.